The molecule has 0 aromatic carbocycles. The molecule has 0 aromatic rings. The van der Waals surface area contributed by atoms with Crippen LogP contribution in [0.1, 0.15) is 52.4 Å². The summed E-state index contributed by atoms with van der Waals surface area (Å²) < 4.78 is 0. The van der Waals surface area contributed by atoms with E-state index >= 15 is 0 Å². The van der Waals surface area contributed by atoms with E-state index < -0.39 is 0 Å². The number of piperidine rings is 1. The second kappa shape index (κ2) is 3.37. The third-order valence-corrected chi connectivity index (χ3v) is 3.76. The Bertz CT molecular complexity index is 138. The summed E-state index contributed by atoms with van der Waals surface area (Å²) in [6, 6.07) is 2.67. The first-order valence-electron chi connectivity index (χ1n) is 5.56. The molecule has 2 aliphatic rings. The molecule has 2 rings (SSSR count). The van der Waals surface area contributed by atoms with Crippen LogP contribution in [0.3, 0.4) is 0 Å². The van der Waals surface area contributed by atoms with Crippen LogP contribution in [0, 0.1) is 0 Å². The fourth-order valence-electron chi connectivity index (χ4n) is 2.85. The minimum atomic E-state index is 0.860. The Balaban J connectivity index is 1.97. The molecule has 12 heavy (non-hydrogen) atoms. The first-order valence-corrected chi connectivity index (χ1v) is 5.56. The maximum Gasteiger partial charge on any atom is 0.0101 e. The number of hydrogen-bond donors (Lipinski definition) is 0. The summed E-state index contributed by atoms with van der Waals surface area (Å²) in [7, 11) is 0. The molecular formula is C11H21N. The van der Waals surface area contributed by atoms with Gasteiger partial charge in [0.15, 0.2) is 0 Å². The molecule has 1 heteroatoms. The van der Waals surface area contributed by atoms with Crippen LogP contribution in [-0.2, 0) is 0 Å². The molecule has 1 heterocycles. The summed E-state index contributed by atoms with van der Waals surface area (Å²) in [6.07, 6.45) is 8.72. The average Bonchev–Trinajstić information content (AvgIpc) is 1.93. The molecule has 1 saturated carbocycles. The van der Waals surface area contributed by atoms with Gasteiger partial charge >= 0.3 is 0 Å². The van der Waals surface area contributed by atoms with Gasteiger partial charge in [0.25, 0.3) is 0 Å². The molecule has 0 bridgehead atoms. The maximum absolute atomic E-state index is 2.78. The first kappa shape index (κ1) is 8.55. The Hall–Kier alpha value is -0.0400. The molecule has 2 fully saturated rings. The fourth-order valence-corrected chi connectivity index (χ4v) is 2.85. The molecule has 1 aliphatic heterocycles. The highest BCUT2D eigenvalue weighted by molar-refractivity contribution is 4.89. The topological polar surface area (TPSA) is 3.24 Å². The van der Waals surface area contributed by atoms with Gasteiger partial charge in [-0.2, -0.15) is 0 Å². The summed E-state index contributed by atoms with van der Waals surface area (Å²) in [5.41, 5.74) is 0. The van der Waals surface area contributed by atoms with Crippen LogP contribution in [0.5, 0.6) is 0 Å². The molecular weight excluding hydrogens is 146 g/mol. The van der Waals surface area contributed by atoms with Gasteiger partial charge in [0.05, 0.1) is 0 Å². The maximum atomic E-state index is 2.78. The Morgan fingerprint density at radius 3 is 1.75 bits per heavy atom. The molecule has 0 radical (unpaired) electrons. The highest BCUT2D eigenvalue weighted by atomic mass is 15.2. The van der Waals surface area contributed by atoms with Gasteiger partial charge in [-0.3, -0.25) is 4.90 Å². The summed E-state index contributed by atoms with van der Waals surface area (Å²) in [5.74, 6) is 0. The van der Waals surface area contributed by atoms with Crippen molar-refractivity contribution in [3.63, 3.8) is 0 Å². The van der Waals surface area contributed by atoms with Crippen LogP contribution in [0.15, 0.2) is 0 Å². The molecule has 0 aromatic heterocycles. The van der Waals surface area contributed by atoms with Gasteiger partial charge in [-0.15, -0.1) is 0 Å². The molecule has 1 aliphatic carbocycles. The second-order valence-electron chi connectivity index (χ2n) is 4.66. The van der Waals surface area contributed by atoms with E-state index in [0.717, 1.165) is 18.1 Å². The molecule has 0 amide bonds. The highest BCUT2D eigenvalue weighted by Crippen LogP contribution is 2.33. The number of nitrogens with zero attached hydrogens (tertiary/aromatic N) is 1. The van der Waals surface area contributed by atoms with Crippen molar-refractivity contribution in [1.82, 2.24) is 4.90 Å². The van der Waals surface area contributed by atoms with Gasteiger partial charge in [0.1, 0.15) is 0 Å². The lowest BCUT2D eigenvalue weighted by Gasteiger charge is -2.47. The van der Waals surface area contributed by atoms with Crippen LogP contribution in [-0.4, -0.2) is 23.0 Å². The van der Waals surface area contributed by atoms with Crippen molar-refractivity contribution in [1.29, 1.82) is 0 Å². The predicted molar refractivity (Wildman–Crippen MR) is 52.3 cm³/mol. The lowest BCUT2D eigenvalue weighted by molar-refractivity contribution is 0.0189. The number of likely N-dealkylation sites (tertiary alicyclic amines) is 1. The van der Waals surface area contributed by atoms with E-state index in [1.807, 2.05) is 0 Å². The molecule has 1 nitrogen and oxygen atoms in total. The molecule has 2 unspecified atom stereocenters. The lowest BCUT2D eigenvalue weighted by atomic mass is 9.86. The monoisotopic (exact) mass is 167 g/mol. The van der Waals surface area contributed by atoms with Gasteiger partial charge in [0, 0.05) is 18.1 Å². The molecule has 2 atom stereocenters. The Morgan fingerprint density at radius 1 is 0.833 bits per heavy atom. The van der Waals surface area contributed by atoms with E-state index in [2.05, 4.69) is 18.7 Å². The third kappa shape index (κ3) is 1.39. The largest absolute Gasteiger partial charge is 0.295 e. The highest BCUT2D eigenvalue weighted by Gasteiger charge is 2.33. The smallest absolute Gasteiger partial charge is 0.0101 e. The average molecular weight is 167 g/mol. The van der Waals surface area contributed by atoms with Crippen molar-refractivity contribution in [3.05, 3.63) is 0 Å². The zero-order chi connectivity index (χ0) is 8.55. The van der Waals surface area contributed by atoms with Crippen molar-refractivity contribution < 1.29 is 0 Å². The van der Waals surface area contributed by atoms with E-state index in [1.165, 1.54) is 38.5 Å². The van der Waals surface area contributed by atoms with Crippen molar-refractivity contribution in [3.8, 4) is 0 Å². The molecule has 0 spiro atoms. The first-order chi connectivity index (χ1) is 5.79. The van der Waals surface area contributed by atoms with E-state index in [0.29, 0.717) is 0 Å². The zero-order valence-corrected chi connectivity index (χ0v) is 8.42. The van der Waals surface area contributed by atoms with Crippen molar-refractivity contribution in [2.45, 2.75) is 70.5 Å². The Kier molecular flexibility index (Phi) is 2.40. The Morgan fingerprint density at radius 2 is 1.33 bits per heavy atom. The van der Waals surface area contributed by atoms with E-state index in [-0.39, 0.29) is 0 Å². The summed E-state index contributed by atoms with van der Waals surface area (Å²) in [4.78, 5) is 2.78. The van der Waals surface area contributed by atoms with Crippen LogP contribution in [0.2, 0.25) is 0 Å². The van der Waals surface area contributed by atoms with Gasteiger partial charge in [-0.1, -0.05) is 12.8 Å². The summed E-state index contributed by atoms with van der Waals surface area (Å²) in [6.45, 7) is 4.82. The van der Waals surface area contributed by atoms with E-state index in [4.69, 9.17) is 0 Å². The molecule has 1 saturated heterocycles. The molecule has 70 valence electrons. The third-order valence-electron chi connectivity index (χ3n) is 3.76. The minimum absolute atomic E-state index is 0.860. The van der Waals surface area contributed by atoms with Crippen LogP contribution >= 0.6 is 0 Å². The van der Waals surface area contributed by atoms with Crippen LogP contribution in [0.25, 0.3) is 0 Å². The van der Waals surface area contributed by atoms with Crippen LogP contribution < -0.4 is 0 Å². The second-order valence-corrected chi connectivity index (χ2v) is 4.66. The summed E-state index contributed by atoms with van der Waals surface area (Å²) >= 11 is 0. The van der Waals surface area contributed by atoms with Gasteiger partial charge in [-0.25, -0.2) is 0 Å². The normalized spacial score (nSPS) is 39.5. The van der Waals surface area contributed by atoms with E-state index in [1.54, 1.807) is 0 Å². The number of hydrogen-bond acceptors (Lipinski definition) is 1. The number of rotatable bonds is 1. The Labute approximate surface area is 76.1 Å². The minimum Gasteiger partial charge on any atom is -0.295 e. The van der Waals surface area contributed by atoms with E-state index in [9.17, 15) is 0 Å². The van der Waals surface area contributed by atoms with Gasteiger partial charge < -0.3 is 0 Å². The van der Waals surface area contributed by atoms with Gasteiger partial charge in [0.2, 0.25) is 0 Å². The van der Waals surface area contributed by atoms with Crippen molar-refractivity contribution >= 4 is 0 Å². The van der Waals surface area contributed by atoms with Gasteiger partial charge in [-0.05, 0) is 39.5 Å². The van der Waals surface area contributed by atoms with Crippen LogP contribution in [0.4, 0.5) is 0 Å². The fraction of sp³-hybridized carbons (Fsp3) is 1.00. The van der Waals surface area contributed by atoms with Crippen molar-refractivity contribution in [2.75, 3.05) is 0 Å². The zero-order valence-electron chi connectivity index (χ0n) is 8.42. The molecule has 0 N–H and O–H groups in total. The quantitative estimate of drug-likeness (QED) is 0.580. The predicted octanol–water partition coefficient (Wildman–Crippen LogP) is 2.80. The lowest BCUT2D eigenvalue weighted by Crippen LogP contribution is -2.52. The SMILES string of the molecule is CC1CCCC(C)N1C1CCC1. The summed E-state index contributed by atoms with van der Waals surface area (Å²) in [5, 5.41) is 0. The standard InChI is InChI=1S/C11H21N/c1-9-5-3-6-10(2)12(9)11-7-4-8-11/h9-11H,3-8H2,1-2H3. The van der Waals surface area contributed by atoms with Crippen molar-refractivity contribution in [2.24, 2.45) is 0 Å².